The van der Waals surface area contributed by atoms with E-state index in [0.717, 1.165) is 0 Å². The molecule has 0 aliphatic heterocycles. The largest absolute Gasteiger partial charge is 0.367 e. The molecule has 0 heterocycles. The quantitative estimate of drug-likeness (QED) is 0.290. The van der Waals surface area contributed by atoms with E-state index in [1.54, 1.807) is 0 Å². The Labute approximate surface area is 127 Å². The van der Waals surface area contributed by atoms with E-state index in [2.05, 4.69) is 33.9 Å². The first-order valence-electron chi connectivity index (χ1n) is 8.49. The van der Waals surface area contributed by atoms with Gasteiger partial charge in [-0.15, -0.1) is 0 Å². The molecule has 0 fully saturated rings. The lowest BCUT2D eigenvalue weighted by Crippen LogP contribution is -2.39. The molecule has 1 unspecified atom stereocenters. The molecule has 0 aliphatic carbocycles. The van der Waals surface area contributed by atoms with Crippen molar-refractivity contribution in [3.63, 3.8) is 0 Å². The van der Waals surface area contributed by atoms with Crippen molar-refractivity contribution in [2.45, 2.75) is 78.2 Å². The van der Waals surface area contributed by atoms with E-state index in [-0.39, 0.29) is 5.60 Å². The summed E-state index contributed by atoms with van der Waals surface area (Å²) in [6.07, 6.45) is 13.1. The molecule has 0 rings (SSSR count). The van der Waals surface area contributed by atoms with Gasteiger partial charge in [0.05, 0.1) is 0 Å². The lowest BCUT2D eigenvalue weighted by molar-refractivity contribution is -0.0266. The van der Waals surface area contributed by atoms with Gasteiger partial charge in [0.2, 0.25) is 0 Å². The maximum atomic E-state index is 6.01. The summed E-state index contributed by atoms with van der Waals surface area (Å²) in [5.41, 5.74) is -0.355. The highest BCUT2D eigenvalue weighted by Gasteiger charge is 2.35. The molecule has 0 radical (unpaired) electrons. The van der Waals surface area contributed by atoms with Crippen molar-refractivity contribution in [1.29, 1.82) is 0 Å². The van der Waals surface area contributed by atoms with Crippen LogP contribution in [0.5, 0.6) is 0 Å². The molecule has 0 amide bonds. The number of rotatable bonds is 13. The highest BCUT2D eigenvalue weighted by molar-refractivity contribution is 5.13. The zero-order chi connectivity index (χ0) is 15.4. The second kappa shape index (κ2) is 11.1. The number of hydrogen-bond donors (Lipinski definition) is 0. The molecule has 1 nitrogen and oxygen atoms in total. The lowest BCUT2D eigenvalue weighted by Gasteiger charge is -2.38. The zero-order valence-corrected chi connectivity index (χ0v) is 14.3. The molecule has 0 bridgehead atoms. The lowest BCUT2D eigenvalue weighted by atomic mass is 9.76. The number of hydrogen-bond acceptors (Lipinski definition) is 1. The summed E-state index contributed by atoms with van der Waals surface area (Å²) in [6, 6.07) is 0. The monoisotopic (exact) mass is 280 g/mol. The molecule has 0 N–H and O–H groups in total. The van der Waals surface area contributed by atoms with Gasteiger partial charge in [0.15, 0.2) is 0 Å². The first-order chi connectivity index (χ1) is 9.57. The Bertz CT molecular complexity index is 246. The Morgan fingerprint density at radius 1 is 0.950 bits per heavy atom. The van der Waals surface area contributed by atoms with Crippen molar-refractivity contribution in [3.8, 4) is 0 Å². The Balaban J connectivity index is 4.46. The average molecular weight is 280 g/mol. The van der Waals surface area contributed by atoms with Crippen molar-refractivity contribution in [3.05, 3.63) is 25.3 Å². The zero-order valence-electron chi connectivity index (χ0n) is 14.3. The van der Waals surface area contributed by atoms with Gasteiger partial charge in [0.1, 0.15) is 5.60 Å². The van der Waals surface area contributed by atoms with Crippen LogP contribution < -0.4 is 0 Å². The van der Waals surface area contributed by atoms with Crippen molar-refractivity contribution >= 4 is 0 Å². The Morgan fingerprint density at radius 2 is 1.50 bits per heavy atom. The summed E-state index contributed by atoms with van der Waals surface area (Å²) in [4.78, 5) is 0. The minimum atomic E-state index is -0.355. The SMILES string of the molecule is C=CC(C=C)(OCC)C(CCCCCCCC)C(C)C. The molecule has 1 atom stereocenters. The van der Waals surface area contributed by atoms with Gasteiger partial charge in [-0.3, -0.25) is 0 Å². The van der Waals surface area contributed by atoms with Gasteiger partial charge >= 0.3 is 0 Å². The fourth-order valence-corrected chi connectivity index (χ4v) is 3.09. The third-order valence-corrected chi connectivity index (χ3v) is 4.29. The maximum Gasteiger partial charge on any atom is 0.107 e. The molecular weight excluding hydrogens is 244 g/mol. The van der Waals surface area contributed by atoms with E-state index < -0.39 is 0 Å². The smallest absolute Gasteiger partial charge is 0.107 e. The third-order valence-electron chi connectivity index (χ3n) is 4.29. The third kappa shape index (κ3) is 6.26. The molecule has 0 aliphatic rings. The van der Waals surface area contributed by atoms with Crippen molar-refractivity contribution in [2.75, 3.05) is 6.61 Å². The summed E-state index contributed by atoms with van der Waals surface area (Å²) in [7, 11) is 0. The minimum Gasteiger partial charge on any atom is -0.367 e. The molecule has 0 aromatic carbocycles. The van der Waals surface area contributed by atoms with Crippen molar-refractivity contribution < 1.29 is 4.74 Å². The van der Waals surface area contributed by atoms with Gasteiger partial charge in [-0.05, 0) is 25.2 Å². The molecule has 0 saturated carbocycles. The van der Waals surface area contributed by atoms with Crippen LogP contribution in [0.15, 0.2) is 25.3 Å². The molecule has 20 heavy (non-hydrogen) atoms. The van der Waals surface area contributed by atoms with Crippen molar-refractivity contribution in [1.82, 2.24) is 0 Å². The van der Waals surface area contributed by atoms with E-state index in [9.17, 15) is 0 Å². The highest BCUT2D eigenvalue weighted by Crippen LogP contribution is 2.35. The molecule has 0 spiro atoms. The van der Waals surface area contributed by atoms with E-state index in [1.807, 2.05) is 19.1 Å². The van der Waals surface area contributed by atoms with Crippen LogP contribution in [-0.2, 0) is 4.74 Å². The number of ether oxygens (including phenoxy) is 1. The second-order valence-corrected chi connectivity index (χ2v) is 6.10. The summed E-state index contributed by atoms with van der Waals surface area (Å²) in [5.74, 6) is 1.05. The van der Waals surface area contributed by atoms with Crippen LogP contribution in [0.3, 0.4) is 0 Å². The molecule has 0 aromatic heterocycles. The summed E-state index contributed by atoms with van der Waals surface area (Å²) in [5, 5.41) is 0. The maximum absolute atomic E-state index is 6.01. The van der Waals surface area contributed by atoms with Gasteiger partial charge in [-0.2, -0.15) is 0 Å². The predicted octanol–water partition coefficient (Wildman–Crippen LogP) is 6.16. The summed E-state index contributed by atoms with van der Waals surface area (Å²) in [6.45, 7) is 17.6. The molecule has 118 valence electrons. The highest BCUT2D eigenvalue weighted by atomic mass is 16.5. The molecule has 1 heteroatoms. The second-order valence-electron chi connectivity index (χ2n) is 6.10. The minimum absolute atomic E-state index is 0.355. The fourth-order valence-electron chi connectivity index (χ4n) is 3.09. The Kier molecular flexibility index (Phi) is 10.8. The van der Waals surface area contributed by atoms with Crippen LogP contribution in [0.25, 0.3) is 0 Å². The molecule has 0 saturated heterocycles. The Hall–Kier alpha value is -0.560. The van der Waals surface area contributed by atoms with Gasteiger partial charge in [0, 0.05) is 6.61 Å². The summed E-state index contributed by atoms with van der Waals surface area (Å²) >= 11 is 0. The van der Waals surface area contributed by atoms with Crippen LogP contribution in [-0.4, -0.2) is 12.2 Å². The standard InChI is InChI=1S/C19H36O/c1-7-11-12-13-14-15-16-18(17(5)6)19(8-2,9-3)20-10-4/h8-9,17-18H,2-3,7,10-16H2,1,4-6H3. The van der Waals surface area contributed by atoms with E-state index in [0.29, 0.717) is 18.4 Å². The van der Waals surface area contributed by atoms with Crippen LogP contribution in [0.2, 0.25) is 0 Å². The molecular formula is C19H36O. The van der Waals surface area contributed by atoms with Gasteiger partial charge in [-0.1, -0.05) is 84.6 Å². The fraction of sp³-hybridized carbons (Fsp3) is 0.789. The van der Waals surface area contributed by atoms with Gasteiger partial charge in [0.25, 0.3) is 0 Å². The van der Waals surface area contributed by atoms with Crippen molar-refractivity contribution in [2.24, 2.45) is 11.8 Å². The van der Waals surface area contributed by atoms with Gasteiger partial charge in [-0.25, -0.2) is 0 Å². The normalized spacial score (nSPS) is 13.4. The van der Waals surface area contributed by atoms with Crippen LogP contribution in [0.4, 0.5) is 0 Å². The van der Waals surface area contributed by atoms with Crippen LogP contribution >= 0.6 is 0 Å². The van der Waals surface area contributed by atoms with Crippen LogP contribution in [0.1, 0.15) is 72.6 Å². The van der Waals surface area contributed by atoms with E-state index in [1.165, 1.54) is 44.9 Å². The first kappa shape index (κ1) is 19.4. The van der Waals surface area contributed by atoms with Crippen LogP contribution in [0, 0.1) is 11.8 Å². The number of unbranched alkanes of at least 4 members (excludes halogenated alkanes) is 5. The predicted molar refractivity (Wildman–Crippen MR) is 91.1 cm³/mol. The Morgan fingerprint density at radius 3 is 1.95 bits per heavy atom. The first-order valence-corrected chi connectivity index (χ1v) is 8.49. The topological polar surface area (TPSA) is 9.23 Å². The van der Waals surface area contributed by atoms with E-state index in [4.69, 9.17) is 4.74 Å². The average Bonchev–Trinajstić information content (AvgIpc) is 2.44. The molecule has 0 aromatic rings. The summed E-state index contributed by atoms with van der Waals surface area (Å²) < 4.78 is 6.01. The van der Waals surface area contributed by atoms with E-state index >= 15 is 0 Å². The van der Waals surface area contributed by atoms with Gasteiger partial charge < -0.3 is 4.74 Å².